The first-order valence-corrected chi connectivity index (χ1v) is 10.8. The van der Waals surface area contributed by atoms with Crippen LogP contribution in [0.4, 0.5) is 0 Å². The van der Waals surface area contributed by atoms with Crippen LogP contribution in [-0.2, 0) is 23.1 Å². The number of nitrogens with zero attached hydrogens (tertiary/aromatic N) is 2. The molecule has 24 heavy (non-hydrogen) atoms. The van der Waals surface area contributed by atoms with Gasteiger partial charge < -0.3 is 0 Å². The number of hydrogen-bond donors (Lipinski definition) is 0. The standard InChI is InChI=1S/C15H12Cl2N2O2S3/c16-14-7-13(8-18-15(14)17)24(20,21)19(9-11-3-1-5-22-11)10-12-4-2-6-23-12/h1-8H,9-10H2. The minimum absolute atomic E-state index is 0.0324. The molecule has 0 atom stereocenters. The highest BCUT2D eigenvalue weighted by molar-refractivity contribution is 7.89. The molecule has 0 unspecified atom stereocenters. The molecule has 0 saturated heterocycles. The molecule has 0 amide bonds. The molecule has 3 aromatic heterocycles. The molecule has 0 bridgehead atoms. The van der Waals surface area contributed by atoms with Crippen molar-refractivity contribution in [3.63, 3.8) is 0 Å². The van der Waals surface area contributed by atoms with Gasteiger partial charge in [-0.25, -0.2) is 13.4 Å². The summed E-state index contributed by atoms with van der Waals surface area (Å²) < 4.78 is 27.5. The van der Waals surface area contributed by atoms with Gasteiger partial charge in [0.25, 0.3) is 0 Å². The molecule has 4 nitrogen and oxygen atoms in total. The van der Waals surface area contributed by atoms with Gasteiger partial charge in [0.15, 0.2) is 0 Å². The summed E-state index contributed by atoms with van der Waals surface area (Å²) in [4.78, 5) is 5.81. The van der Waals surface area contributed by atoms with Crippen LogP contribution in [0.3, 0.4) is 0 Å². The summed E-state index contributed by atoms with van der Waals surface area (Å²) in [5, 5.41) is 4.04. The summed E-state index contributed by atoms with van der Waals surface area (Å²) in [6.07, 6.45) is 1.24. The Balaban J connectivity index is 1.97. The topological polar surface area (TPSA) is 50.3 Å². The van der Waals surface area contributed by atoms with E-state index in [9.17, 15) is 8.42 Å². The lowest BCUT2D eigenvalue weighted by molar-refractivity contribution is 0.406. The van der Waals surface area contributed by atoms with Crippen molar-refractivity contribution in [1.82, 2.24) is 9.29 Å². The number of halogens is 2. The lowest BCUT2D eigenvalue weighted by atomic mass is 10.4. The molecule has 3 heterocycles. The molecule has 0 aliphatic heterocycles. The third kappa shape index (κ3) is 3.99. The van der Waals surface area contributed by atoms with Crippen LogP contribution in [0.15, 0.2) is 52.2 Å². The van der Waals surface area contributed by atoms with Gasteiger partial charge in [0.2, 0.25) is 10.0 Å². The summed E-state index contributed by atoms with van der Waals surface area (Å²) in [7, 11) is -3.75. The van der Waals surface area contributed by atoms with Gasteiger partial charge in [-0.15, -0.1) is 22.7 Å². The highest BCUT2D eigenvalue weighted by Gasteiger charge is 2.26. The smallest absolute Gasteiger partial charge is 0.242 e. The van der Waals surface area contributed by atoms with Crippen molar-refractivity contribution in [2.24, 2.45) is 0 Å². The Kier molecular flexibility index (Phi) is 5.59. The highest BCUT2D eigenvalue weighted by atomic mass is 35.5. The Hall–Kier alpha value is -0.960. The monoisotopic (exact) mass is 418 g/mol. The van der Waals surface area contributed by atoms with E-state index >= 15 is 0 Å². The van der Waals surface area contributed by atoms with Crippen molar-refractivity contribution in [1.29, 1.82) is 0 Å². The van der Waals surface area contributed by atoms with Crippen LogP contribution < -0.4 is 0 Å². The Morgan fingerprint density at radius 2 is 1.62 bits per heavy atom. The second-order valence-corrected chi connectivity index (χ2v) is 9.64. The average Bonchev–Trinajstić information content (AvgIpc) is 3.23. The van der Waals surface area contributed by atoms with E-state index in [2.05, 4.69) is 4.98 Å². The Morgan fingerprint density at radius 3 is 2.08 bits per heavy atom. The van der Waals surface area contributed by atoms with Crippen molar-refractivity contribution < 1.29 is 8.42 Å². The molecule has 126 valence electrons. The molecule has 9 heteroatoms. The number of aromatic nitrogens is 1. The van der Waals surface area contributed by atoms with Crippen LogP contribution in [0, 0.1) is 0 Å². The Labute approximate surface area is 158 Å². The minimum atomic E-state index is -3.75. The van der Waals surface area contributed by atoms with Gasteiger partial charge in [-0.1, -0.05) is 35.3 Å². The molecule has 3 aromatic rings. The molecular weight excluding hydrogens is 407 g/mol. The van der Waals surface area contributed by atoms with Crippen LogP contribution in [-0.4, -0.2) is 17.7 Å². The molecule has 0 saturated carbocycles. The second kappa shape index (κ2) is 7.51. The summed E-state index contributed by atoms with van der Waals surface area (Å²) in [5.74, 6) is 0. The fourth-order valence-electron chi connectivity index (χ4n) is 2.07. The molecule has 0 fully saturated rings. The molecule has 0 radical (unpaired) electrons. The van der Waals surface area contributed by atoms with Crippen molar-refractivity contribution in [3.8, 4) is 0 Å². The fraction of sp³-hybridized carbons (Fsp3) is 0.133. The van der Waals surface area contributed by atoms with Crippen LogP contribution in [0.2, 0.25) is 10.2 Å². The van der Waals surface area contributed by atoms with E-state index < -0.39 is 10.0 Å². The number of rotatable bonds is 6. The normalized spacial score (nSPS) is 12.0. The van der Waals surface area contributed by atoms with Crippen LogP contribution in [0.25, 0.3) is 0 Å². The van der Waals surface area contributed by atoms with Crippen LogP contribution in [0.1, 0.15) is 9.75 Å². The highest BCUT2D eigenvalue weighted by Crippen LogP contribution is 2.27. The number of sulfonamides is 1. The van der Waals surface area contributed by atoms with Crippen molar-refractivity contribution >= 4 is 55.9 Å². The first-order chi connectivity index (χ1) is 11.5. The summed E-state index contributed by atoms with van der Waals surface area (Å²) in [6.45, 7) is 0.580. The van der Waals surface area contributed by atoms with Crippen molar-refractivity contribution in [3.05, 3.63) is 67.2 Å². The SMILES string of the molecule is O=S(=O)(c1cnc(Cl)c(Cl)c1)N(Cc1cccs1)Cc1cccs1. The predicted molar refractivity (Wildman–Crippen MR) is 99.3 cm³/mol. The largest absolute Gasteiger partial charge is 0.245 e. The average molecular weight is 419 g/mol. The van der Waals surface area contributed by atoms with Gasteiger partial charge in [0, 0.05) is 29.0 Å². The Morgan fingerprint density at radius 1 is 1.04 bits per heavy atom. The summed E-state index contributed by atoms with van der Waals surface area (Å²) in [5.41, 5.74) is 0. The van der Waals surface area contributed by atoms with Crippen molar-refractivity contribution in [2.45, 2.75) is 18.0 Å². The zero-order valence-electron chi connectivity index (χ0n) is 12.2. The molecule has 3 rings (SSSR count). The minimum Gasteiger partial charge on any atom is -0.242 e. The van der Waals surface area contributed by atoms with Crippen LogP contribution >= 0.6 is 45.9 Å². The summed E-state index contributed by atoms with van der Waals surface area (Å²) >= 11 is 14.8. The lowest BCUT2D eigenvalue weighted by Crippen LogP contribution is -2.29. The van der Waals surface area contributed by atoms with Gasteiger partial charge >= 0.3 is 0 Å². The van der Waals surface area contributed by atoms with Gasteiger partial charge in [-0.2, -0.15) is 4.31 Å². The zero-order valence-corrected chi connectivity index (χ0v) is 16.2. The Bertz CT molecular complexity index is 874. The maximum absolute atomic E-state index is 13.0. The molecule has 0 aliphatic rings. The van der Waals surface area contributed by atoms with Gasteiger partial charge in [-0.3, -0.25) is 0 Å². The van der Waals surface area contributed by atoms with E-state index in [0.717, 1.165) is 9.75 Å². The number of pyridine rings is 1. The maximum Gasteiger partial charge on any atom is 0.245 e. The van der Waals surface area contributed by atoms with E-state index in [1.54, 1.807) is 0 Å². The molecule has 0 spiro atoms. The third-order valence-corrected chi connectivity index (χ3v) is 7.40. The van der Waals surface area contributed by atoms with E-state index in [1.807, 2.05) is 35.0 Å². The third-order valence-electron chi connectivity index (χ3n) is 3.23. The predicted octanol–water partition coefficient (Wildman–Crippen LogP) is 4.90. The van der Waals surface area contributed by atoms with E-state index in [-0.39, 0.29) is 28.2 Å². The maximum atomic E-state index is 13.0. The molecule has 0 aromatic carbocycles. The number of thiophene rings is 2. The van der Waals surface area contributed by atoms with E-state index in [0.29, 0.717) is 0 Å². The zero-order chi connectivity index (χ0) is 17.2. The fourth-order valence-corrected chi connectivity index (χ4v) is 5.38. The number of hydrogen-bond acceptors (Lipinski definition) is 5. The lowest BCUT2D eigenvalue weighted by Gasteiger charge is -2.21. The van der Waals surface area contributed by atoms with Gasteiger partial charge in [0.05, 0.1) is 5.02 Å². The molecule has 0 aliphatic carbocycles. The molecular formula is C15H12Cl2N2O2S3. The van der Waals surface area contributed by atoms with Crippen LogP contribution in [0.5, 0.6) is 0 Å². The van der Waals surface area contributed by atoms with E-state index in [1.165, 1.54) is 39.2 Å². The van der Waals surface area contributed by atoms with E-state index in [4.69, 9.17) is 23.2 Å². The quantitative estimate of drug-likeness (QED) is 0.534. The molecule has 0 N–H and O–H groups in total. The first-order valence-electron chi connectivity index (χ1n) is 6.83. The second-order valence-electron chi connectivity index (χ2n) is 4.88. The van der Waals surface area contributed by atoms with Gasteiger partial charge in [0.1, 0.15) is 10.0 Å². The summed E-state index contributed by atoms with van der Waals surface area (Å²) in [6, 6.07) is 8.96. The first kappa shape index (κ1) is 17.8. The van der Waals surface area contributed by atoms with Gasteiger partial charge in [-0.05, 0) is 29.0 Å². The van der Waals surface area contributed by atoms with Crippen molar-refractivity contribution in [2.75, 3.05) is 0 Å².